The van der Waals surface area contributed by atoms with Gasteiger partial charge in [-0.1, -0.05) is 12.1 Å². The predicted octanol–water partition coefficient (Wildman–Crippen LogP) is 2.55. The number of aliphatic hydroxyl groups is 1. The van der Waals surface area contributed by atoms with Crippen LogP contribution in [0.4, 0.5) is 4.39 Å². The molecule has 0 saturated carbocycles. The number of aliphatic hydroxyl groups excluding tert-OH is 1. The third-order valence-electron chi connectivity index (χ3n) is 5.14. The zero-order chi connectivity index (χ0) is 15.4. The van der Waals surface area contributed by atoms with E-state index in [4.69, 9.17) is 4.74 Å². The predicted molar refractivity (Wildman–Crippen MR) is 77.5 cm³/mol. The van der Waals surface area contributed by atoms with Gasteiger partial charge in [-0.2, -0.15) is 0 Å². The third-order valence-corrected chi connectivity index (χ3v) is 5.14. The summed E-state index contributed by atoms with van der Waals surface area (Å²) in [7, 11) is 0. The summed E-state index contributed by atoms with van der Waals surface area (Å²) in [5.41, 5.74) is 1.28. The standard InChI is InChI=1S/C17H18FNO3/c1-9-16(20)14-12-6-7-13(22-12)15(14)19(17(9)21)8-10-2-4-11(18)5-3-10/h2-5,12-15,20H,6-8H2,1H3. The largest absolute Gasteiger partial charge is 0.511 e. The lowest BCUT2D eigenvalue weighted by Crippen LogP contribution is -2.53. The lowest BCUT2D eigenvalue weighted by molar-refractivity contribution is -0.134. The second kappa shape index (κ2) is 4.81. The molecule has 1 amide bonds. The van der Waals surface area contributed by atoms with E-state index >= 15 is 0 Å². The molecule has 0 spiro atoms. The maximum Gasteiger partial charge on any atom is 0.253 e. The molecule has 0 aromatic heterocycles. The second-order valence-electron chi connectivity index (χ2n) is 6.38. The fourth-order valence-corrected chi connectivity index (χ4v) is 4.06. The Balaban J connectivity index is 1.69. The van der Waals surface area contributed by atoms with Crippen LogP contribution in [0.1, 0.15) is 25.3 Å². The molecule has 22 heavy (non-hydrogen) atoms. The Morgan fingerprint density at radius 1 is 1.27 bits per heavy atom. The lowest BCUT2D eigenvalue weighted by atomic mass is 9.78. The van der Waals surface area contributed by atoms with Crippen molar-refractivity contribution < 1.29 is 19.0 Å². The minimum atomic E-state index is -0.288. The summed E-state index contributed by atoms with van der Waals surface area (Å²) in [4.78, 5) is 14.4. The summed E-state index contributed by atoms with van der Waals surface area (Å²) in [6, 6.07) is 6.08. The highest BCUT2D eigenvalue weighted by molar-refractivity contribution is 5.94. The minimum Gasteiger partial charge on any atom is -0.511 e. The third kappa shape index (κ3) is 1.88. The number of fused-ring (bicyclic) bond motifs is 5. The maximum absolute atomic E-state index is 13.1. The van der Waals surface area contributed by atoms with Gasteiger partial charge in [-0.25, -0.2) is 4.39 Å². The van der Waals surface area contributed by atoms with Crippen LogP contribution in [-0.2, 0) is 16.1 Å². The first-order valence-electron chi connectivity index (χ1n) is 7.67. The van der Waals surface area contributed by atoms with Crippen molar-refractivity contribution in [1.29, 1.82) is 0 Å². The Bertz CT molecular complexity index is 654. The quantitative estimate of drug-likeness (QED) is 0.913. The van der Waals surface area contributed by atoms with E-state index < -0.39 is 0 Å². The van der Waals surface area contributed by atoms with E-state index in [0.717, 1.165) is 18.4 Å². The number of hydrogen-bond donors (Lipinski definition) is 1. The Morgan fingerprint density at radius 3 is 2.68 bits per heavy atom. The van der Waals surface area contributed by atoms with Crippen LogP contribution in [0, 0.1) is 11.7 Å². The molecule has 2 bridgehead atoms. The van der Waals surface area contributed by atoms with E-state index in [0.29, 0.717) is 12.1 Å². The first kappa shape index (κ1) is 13.8. The maximum atomic E-state index is 13.1. The van der Waals surface area contributed by atoms with Crippen molar-refractivity contribution in [1.82, 2.24) is 4.90 Å². The van der Waals surface area contributed by atoms with Crippen LogP contribution in [0.5, 0.6) is 0 Å². The molecule has 0 aliphatic carbocycles. The van der Waals surface area contributed by atoms with Crippen LogP contribution in [0.3, 0.4) is 0 Å². The Kier molecular flexibility index (Phi) is 3.01. The van der Waals surface area contributed by atoms with Crippen molar-refractivity contribution in [3.8, 4) is 0 Å². The van der Waals surface area contributed by atoms with E-state index in [1.807, 2.05) is 0 Å². The van der Waals surface area contributed by atoms with Gasteiger partial charge in [0, 0.05) is 6.54 Å². The van der Waals surface area contributed by atoms with Crippen LogP contribution in [-0.4, -0.2) is 34.2 Å². The van der Waals surface area contributed by atoms with Gasteiger partial charge in [-0.3, -0.25) is 4.79 Å². The highest BCUT2D eigenvalue weighted by Crippen LogP contribution is 2.47. The number of nitrogens with zero attached hydrogens (tertiary/aromatic N) is 1. The van der Waals surface area contributed by atoms with Gasteiger partial charge in [0.25, 0.3) is 5.91 Å². The van der Waals surface area contributed by atoms with Gasteiger partial charge in [0.05, 0.1) is 29.7 Å². The number of amides is 1. The van der Waals surface area contributed by atoms with Gasteiger partial charge in [-0.05, 0) is 37.5 Å². The van der Waals surface area contributed by atoms with E-state index in [2.05, 4.69) is 0 Å². The van der Waals surface area contributed by atoms with Gasteiger partial charge < -0.3 is 14.7 Å². The molecule has 4 unspecified atom stereocenters. The fraction of sp³-hybridized carbons (Fsp3) is 0.471. The average Bonchev–Trinajstić information content (AvgIpc) is 3.12. The molecule has 4 nitrogen and oxygen atoms in total. The molecular weight excluding hydrogens is 285 g/mol. The SMILES string of the molecule is CC1=C(O)C2C3CCC(O3)C2N(Cc2ccc(F)cc2)C1=O. The lowest BCUT2D eigenvalue weighted by Gasteiger charge is -2.41. The number of ether oxygens (including phenoxy) is 1. The van der Waals surface area contributed by atoms with E-state index in [9.17, 15) is 14.3 Å². The zero-order valence-electron chi connectivity index (χ0n) is 12.3. The Morgan fingerprint density at radius 2 is 1.95 bits per heavy atom. The molecule has 0 radical (unpaired) electrons. The Hall–Kier alpha value is -1.88. The van der Waals surface area contributed by atoms with Crippen molar-refractivity contribution in [2.75, 3.05) is 0 Å². The molecule has 1 N–H and O–H groups in total. The molecule has 2 saturated heterocycles. The number of hydrogen-bond acceptors (Lipinski definition) is 3. The fourth-order valence-electron chi connectivity index (χ4n) is 4.06. The first-order chi connectivity index (χ1) is 10.6. The van der Waals surface area contributed by atoms with E-state index in [1.165, 1.54) is 12.1 Å². The van der Waals surface area contributed by atoms with Gasteiger partial charge in [0.15, 0.2) is 0 Å². The van der Waals surface area contributed by atoms with Gasteiger partial charge >= 0.3 is 0 Å². The van der Waals surface area contributed by atoms with Crippen LogP contribution < -0.4 is 0 Å². The zero-order valence-corrected chi connectivity index (χ0v) is 12.3. The van der Waals surface area contributed by atoms with Crippen molar-refractivity contribution >= 4 is 5.91 Å². The number of halogens is 1. The van der Waals surface area contributed by atoms with Gasteiger partial charge in [0.2, 0.25) is 0 Å². The van der Waals surface area contributed by atoms with Crippen molar-refractivity contribution in [3.63, 3.8) is 0 Å². The van der Waals surface area contributed by atoms with Crippen molar-refractivity contribution in [2.24, 2.45) is 5.92 Å². The second-order valence-corrected chi connectivity index (χ2v) is 6.38. The average molecular weight is 303 g/mol. The molecule has 4 atom stereocenters. The summed E-state index contributed by atoms with van der Waals surface area (Å²) >= 11 is 0. The number of rotatable bonds is 2. The highest BCUT2D eigenvalue weighted by atomic mass is 19.1. The van der Waals surface area contributed by atoms with Crippen LogP contribution in [0.2, 0.25) is 0 Å². The molecule has 3 heterocycles. The van der Waals surface area contributed by atoms with Crippen molar-refractivity contribution in [3.05, 3.63) is 47.0 Å². The van der Waals surface area contributed by atoms with Gasteiger partial charge in [0.1, 0.15) is 11.6 Å². The summed E-state index contributed by atoms with van der Waals surface area (Å²) in [5.74, 6) is -0.364. The normalized spacial score (nSPS) is 33.5. The molecule has 3 aliphatic rings. The molecule has 1 aromatic rings. The topological polar surface area (TPSA) is 49.8 Å². The summed E-state index contributed by atoms with van der Waals surface area (Å²) in [6.07, 6.45) is 1.86. The molecular formula is C17H18FNO3. The molecule has 2 fully saturated rings. The molecule has 5 heteroatoms. The minimum absolute atomic E-state index is 0.00496. The van der Waals surface area contributed by atoms with Gasteiger partial charge in [-0.15, -0.1) is 0 Å². The number of carbonyl (C=O) groups excluding carboxylic acids is 1. The van der Waals surface area contributed by atoms with Crippen LogP contribution in [0.25, 0.3) is 0 Å². The van der Waals surface area contributed by atoms with E-state index in [1.54, 1.807) is 24.0 Å². The molecule has 116 valence electrons. The summed E-state index contributed by atoms with van der Waals surface area (Å²) in [6.45, 7) is 2.08. The number of carbonyl (C=O) groups is 1. The summed E-state index contributed by atoms with van der Waals surface area (Å²) in [5, 5.41) is 10.4. The first-order valence-corrected chi connectivity index (χ1v) is 7.67. The number of benzene rings is 1. The summed E-state index contributed by atoms with van der Waals surface area (Å²) < 4.78 is 19.0. The highest BCUT2D eigenvalue weighted by Gasteiger charge is 2.56. The molecule has 4 rings (SSSR count). The van der Waals surface area contributed by atoms with E-state index in [-0.39, 0.29) is 41.7 Å². The molecule has 3 aliphatic heterocycles. The smallest absolute Gasteiger partial charge is 0.253 e. The van der Waals surface area contributed by atoms with Crippen LogP contribution in [0.15, 0.2) is 35.6 Å². The monoisotopic (exact) mass is 303 g/mol. The van der Waals surface area contributed by atoms with Crippen LogP contribution >= 0.6 is 0 Å². The molecule has 1 aromatic carbocycles. The van der Waals surface area contributed by atoms with Crippen molar-refractivity contribution in [2.45, 2.75) is 44.6 Å². The Labute approximate surface area is 128 Å².